The Hall–Kier alpha value is -5.08. The molecule has 0 saturated carbocycles. The summed E-state index contributed by atoms with van der Waals surface area (Å²) in [6, 6.07) is 50.2. The van der Waals surface area contributed by atoms with Crippen molar-refractivity contribution in [1.29, 1.82) is 0 Å². The molecule has 7 rings (SSSR count). The maximum absolute atomic E-state index is 2.41. The van der Waals surface area contributed by atoms with E-state index in [1.54, 1.807) is 0 Å². The molecule has 2 heteroatoms. The lowest BCUT2D eigenvalue weighted by molar-refractivity contribution is 1.13. The minimum atomic E-state index is 0.956. The van der Waals surface area contributed by atoms with Crippen LogP contribution in [0.15, 0.2) is 133 Å². The zero-order valence-electron chi connectivity index (χ0n) is 28.1. The zero-order chi connectivity index (χ0) is 32.3. The van der Waals surface area contributed by atoms with Gasteiger partial charge in [-0.2, -0.15) is 0 Å². The molecule has 0 aliphatic heterocycles. The van der Waals surface area contributed by atoms with E-state index in [4.69, 9.17) is 0 Å². The summed E-state index contributed by atoms with van der Waals surface area (Å²) in [6.45, 7) is 8.86. The quantitative estimate of drug-likeness (QED) is 0.152. The van der Waals surface area contributed by atoms with Crippen LogP contribution >= 0.6 is 0 Å². The Bertz CT molecular complexity index is 1940. The summed E-state index contributed by atoms with van der Waals surface area (Å²) < 4.78 is 0. The van der Waals surface area contributed by atoms with Crippen LogP contribution in [0.4, 0.5) is 34.1 Å². The van der Waals surface area contributed by atoms with Gasteiger partial charge >= 0.3 is 0 Å². The van der Waals surface area contributed by atoms with Gasteiger partial charge < -0.3 is 9.80 Å². The Labute approximate surface area is 281 Å². The lowest BCUT2D eigenvalue weighted by Gasteiger charge is -2.27. The molecular formula is C45H44N2. The van der Waals surface area contributed by atoms with Crippen LogP contribution in [0.1, 0.15) is 61.1 Å². The van der Waals surface area contributed by atoms with Gasteiger partial charge in [0.05, 0.1) is 0 Å². The molecule has 0 radical (unpaired) electrons. The molecule has 0 spiro atoms. The zero-order valence-corrected chi connectivity index (χ0v) is 28.1. The van der Waals surface area contributed by atoms with E-state index in [0.29, 0.717) is 0 Å². The van der Waals surface area contributed by atoms with E-state index < -0.39 is 0 Å². The minimum Gasteiger partial charge on any atom is -0.310 e. The molecule has 1 aliphatic rings. The Balaban J connectivity index is 1.33. The van der Waals surface area contributed by atoms with E-state index in [2.05, 4.69) is 171 Å². The van der Waals surface area contributed by atoms with Crippen LogP contribution in [-0.2, 0) is 32.1 Å². The molecule has 6 aromatic carbocycles. The second-order valence-corrected chi connectivity index (χ2v) is 12.6. The molecule has 0 heterocycles. The van der Waals surface area contributed by atoms with Crippen LogP contribution in [-0.4, -0.2) is 0 Å². The summed E-state index contributed by atoms with van der Waals surface area (Å²) in [6.07, 6.45) is 5.07. The lowest BCUT2D eigenvalue weighted by atomic mass is 10.0. The molecule has 1 aliphatic carbocycles. The standard InChI is InChI=1S/C45H44N2/c1-5-32-12-20-38(21-13-32)46(39-22-14-33(6-2)15-23-39)42-26-18-36-29-37-19-27-43(31-45(37)44(36)30-42)47(40-24-16-34(7-3)17-25-40)41-11-9-10-35(8-4)28-41/h9-28,30-31H,5-8,29H2,1-4H3. The van der Waals surface area contributed by atoms with E-state index >= 15 is 0 Å². The van der Waals surface area contributed by atoms with Crippen LogP contribution in [0.25, 0.3) is 11.1 Å². The first-order valence-corrected chi connectivity index (χ1v) is 17.3. The van der Waals surface area contributed by atoms with E-state index in [9.17, 15) is 0 Å². The topological polar surface area (TPSA) is 6.48 Å². The number of fused-ring (bicyclic) bond motifs is 3. The molecule has 0 amide bonds. The monoisotopic (exact) mass is 612 g/mol. The molecule has 0 saturated heterocycles. The van der Waals surface area contributed by atoms with Gasteiger partial charge in [-0.1, -0.05) is 88.4 Å². The van der Waals surface area contributed by atoms with Gasteiger partial charge in [-0.3, -0.25) is 0 Å². The fourth-order valence-corrected chi connectivity index (χ4v) is 6.87. The lowest BCUT2D eigenvalue weighted by Crippen LogP contribution is -2.11. The van der Waals surface area contributed by atoms with Crippen molar-refractivity contribution in [1.82, 2.24) is 0 Å². The number of nitrogens with zero attached hydrogens (tertiary/aromatic N) is 2. The molecule has 6 aromatic rings. The molecule has 0 aromatic heterocycles. The van der Waals surface area contributed by atoms with Gasteiger partial charge in [0.25, 0.3) is 0 Å². The SMILES string of the molecule is CCc1ccc(N(c2ccc(CC)cc2)c2ccc3c(c2)-c2cc(N(c4ccc(CC)cc4)c4cccc(CC)c4)ccc2C3)cc1. The summed E-state index contributed by atoms with van der Waals surface area (Å²) in [5, 5.41) is 0. The number of hydrogen-bond acceptors (Lipinski definition) is 2. The summed E-state index contributed by atoms with van der Waals surface area (Å²) in [4.78, 5) is 4.82. The molecule has 234 valence electrons. The normalized spacial score (nSPS) is 11.7. The van der Waals surface area contributed by atoms with Gasteiger partial charge in [0, 0.05) is 34.1 Å². The third-order valence-electron chi connectivity index (χ3n) is 9.76. The van der Waals surface area contributed by atoms with Gasteiger partial charge in [-0.25, -0.2) is 0 Å². The fraction of sp³-hybridized carbons (Fsp3) is 0.200. The van der Waals surface area contributed by atoms with Crippen molar-refractivity contribution in [2.45, 2.75) is 59.8 Å². The van der Waals surface area contributed by atoms with Crippen molar-refractivity contribution in [2.24, 2.45) is 0 Å². The van der Waals surface area contributed by atoms with Crippen LogP contribution < -0.4 is 9.80 Å². The van der Waals surface area contributed by atoms with Crippen molar-refractivity contribution in [3.63, 3.8) is 0 Å². The van der Waals surface area contributed by atoms with Crippen molar-refractivity contribution in [2.75, 3.05) is 9.80 Å². The van der Waals surface area contributed by atoms with Gasteiger partial charge in [0.2, 0.25) is 0 Å². The third kappa shape index (κ3) is 6.09. The van der Waals surface area contributed by atoms with Crippen molar-refractivity contribution >= 4 is 34.1 Å². The predicted molar refractivity (Wildman–Crippen MR) is 202 cm³/mol. The van der Waals surface area contributed by atoms with E-state index in [1.807, 2.05) is 0 Å². The van der Waals surface area contributed by atoms with Crippen LogP contribution in [0.5, 0.6) is 0 Å². The summed E-state index contributed by atoms with van der Waals surface area (Å²) in [5.41, 5.74) is 17.9. The summed E-state index contributed by atoms with van der Waals surface area (Å²) >= 11 is 0. The smallest absolute Gasteiger partial charge is 0.0467 e. The number of anilines is 6. The maximum atomic E-state index is 2.41. The first-order chi connectivity index (χ1) is 23.1. The van der Waals surface area contributed by atoms with Gasteiger partial charge in [0.15, 0.2) is 0 Å². The second-order valence-electron chi connectivity index (χ2n) is 12.6. The Morgan fingerprint density at radius 3 is 1.13 bits per heavy atom. The van der Waals surface area contributed by atoms with E-state index in [0.717, 1.165) is 32.1 Å². The molecule has 0 N–H and O–H groups in total. The highest BCUT2D eigenvalue weighted by Crippen LogP contribution is 2.45. The average Bonchev–Trinajstić information content (AvgIpc) is 3.50. The molecule has 0 fully saturated rings. The van der Waals surface area contributed by atoms with Crippen LogP contribution in [0.3, 0.4) is 0 Å². The number of rotatable bonds is 10. The Morgan fingerprint density at radius 2 is 0.723 bits per heavy atom. The fourth-order valence-electron chi connectivity index (χ4n) is 6.87. The number of benzene rings is 6. The molecule has 0 atom stereocenters. The maximum Gasteiger partial charge on any atom is 0.0467 e. The summed E-state index contributed by atoms with van der Waals surface area (Å²) in [5.74, 6) is 0. The first kappa shape index (κ1) is 30.6. The molecule has 47 heavy (non-hydrogen) atoms. The van der Waals surface area contributed by atoms with Crippen LogP contribution in [0, 0.1) is 0 Å². The highest BCUT2D eigenvalue weighted by molar-refractivity contribution is 5.88. The Morgan fingerprint density at radius 1 is 0.362 bits per heavy atom. The van der Waals surface area contributed by atoms with Gasteiger partial charge in [-0.05, 0) is 149 Å². The minimum absolute atomic E-state index is 0.956. The summed E-state index contributed by atoms with van der Waals surface area (Å²) in [7, 11) is 0. The molecule has 0 bridgehead atoms. The van der Waals surface area contributed by atoms with Crippen molar-refractivity contribution < 1.29 is 0 Å². The largest absolute Gasteiger partial charge is 0.310 e. The molecule has 2 nitrogen and oxygen atoms in total. The van der Waals surface area contributed by atoms with Crippen molar-refractivity contribution in [3.05, 3.63) is 167 Å². The van der Waals surface area contributed by atoms with E-state index in [-0.39, 0.29) is 0 Å². The molecule has 0 unspecified atom stereocenters. The first-order valence-electron chi connectivity index (χ1n) is 17.3. The number of aryl methyl sites for hydroxylation is 4. The van der Waals surface area contributed by atoms with Crippen LogP contribution in [0.2, 0.25) is 0 Å². The predicted octanol–water partition coefficient (Wildman–Crippen LogP) is 12.4. The molecular weight excluding hydrogens is 569 g/mol. The highest BCUT2D eigenvalue weighted by atomic mass is 15.1. The van der Waals surface area contributed by atoms with Gasteiger partial charge in [0.1, 0.15) is 0 Å². The van der Waals surface area contributed by atoms with Gasteiger partial charge in [-0.15, -0.1) is 0 Å². The Kier molecular flexibility index (Phi) is 8.68. The highest BCUT2D eigenvalue weighted by Gasteiger charge is 2.23. The third-order valence-corrected chi connectivity index (χ3v) is 9.76. The second kappa shape index (κ2) is 13.3. The van der Waals surface area contributed by atoms with Crippen molar-refractivity contribution in [3.8, 4) is 11.1 Å². The average molecular weight is 613 g/mol. The number of hydrogen-bond donors (Lipinski definition) is 0. The van der Waals surface area contributed by atoms with E-state index in [1.165, 1.54) is 78.6 Å².